The molecule has 0 saturated heterocycles. The molecule has 0 fully saturated rings. The van der Waals surface area contributed by atoms with Crippen LogP contribution in [0.2, 0.25) is 0 Å². The third kappa shape index (κ3) is 6.16. The normalized spacial score (nSPS) is 11.3. The standard InChI is InChI=1S/C14H21BrFN3/c1-10(2)8-19(6-5-14(17)18)9-11-7-12(15)3-4-13(11)16/h3-4,7,10H,5-6,8-9H2,1-2H3,(H3,17,18). The summed E-state index contributed by atoms with van der Waals surface area (Å²) in [5, 5.41) is 7.30. The Bertz CT molecular complexity index is 435. The first-order valence-corrected chi connectivity index (χ1v) is 7.17. The van der Waals surface area contributed by atoms with E-state index in [4.69, 9.17) is 11.1 Å². The monoisotopic (exact) mass is 329 g/mol. The van der Waals surface area contributed by atoms with Gasteiger partial charge < -0.3 is 5.73 Å². The van der Waals surface area contributed by atoms with Gasteiger partial charge in [-0.3, -0.25) is 10.3 Å². The molecule has 1 aromatic carbocycles. The summed E-state index contributed by atoms with van der Waals surface area (Å²) in [5.41, 5.74) is 6.06. The van der Waals surface area contributed by atoms with E-state index in [1.165, 1.54) is 6.07 Å². The summed E-state index contributed by atoms with van der Waals surface area (Å²) in [6.07, 6.45) is 0.516. The number of nitrogens with one attached hydrogen (secondary N) is 1. The van der Waals surface area contributed by atoms with Gasteiger partial charge in [-0.2, -0.15) is 0 Å². The fraction of sp³-hybridized carbons (Fsp3) is 0.500. The highest BCUT2D eigenvalue weighted by Gasteiger charge is 2.12. The van der Waals surface area contributed by atoms with E-state index in [1.54, 1.807) is 12.1 Å². The lowest BCUT2D eigenvalue weighted by Crippen LogP contribution is -2.31. The third-order valence-corrected chi connectivity index (χ3v) is 3.22. The molecule has 3 nitrogen and oxygen atoms in total. The molecule has 0 amide bonds. The first kappa shape index (κ1) is 16.1. The first-order chi connectivity index (χ1) is 8.88. The molecule has 3 N–H and O–H groups in total. The fourth-order valence-electron chi connectivity index (χ4n) is 1.94. The lowest BCUT2D eigenvalue weighted by Gasteiger charge is -2.24. The van der Waals surface area contributed by atoms with Crippen molar-refractivity contribution in [1.29, 1.82) is 5.41 Å². The molecule has 1 aromatic rings. The van der Waals surface area contributed by atoms with Crippen molar-refractivity contribution in [3.63, 3.8) is 0 Å². The van der Waals surface area contributed by atoms with E-state index in [-0.39, 0.29) is 11.7 Å². The summed E-state index contributed by atoms with van der Waals surface area (Å²) in [5.74, 6) is 0.463. The van der Waals surface area contributed by atoms with E-state index in [9.17, 15) is 4.39 Å². The molecule has 0 unspecified atom stereocenters. The molecule has 0 spiro atoms. The summed E-state index contributed by atoms with van der Waals surface area (Å²) >= 11 is 3.36. The van der Waals surface area contributed by atoms with Crippen LogP contribution in [0, 0.1) is 17.1 Å². The molecular weight excluding hydrogens is 309 g/mol. The SMILES string of the molecule is CC(C)CN(CCC(=N)N)Cc1cc(Br)ccc1F. The molecule has 0 saturated carbocycles. The van der Waals surface area contributed by atoms with E-state index < -0.39 is 0 Å². The van der Waals surface area contributed by atoms with E-state index in [2.05, 4.69) is 34.7 Å². The molecule has 0 aliphatic heterocycles. The zero-order valence-corrected chi connectivity index (χ0v) is 13.0. The molecule has 0 aliphatic rings. The van der Waals surface area contributed by atoms with Crippen LogP contribution in [0.25, 0.3) is 0 Å². The van der Waals surface area contributed by atoms with Gasteiger partial charge in [-0.25, -0.2) is 4.39 Å². The van der Waals surface area contributed by atoms with Gasteiger partial charge in [0.25, 0.3) is 0 Å². The number of benzene rings is 1. The average Bonchev–Trinajstić information content (AvgIpc) is 2.30. The summed E-state index contributed by atoms with van der Waals surface area (Å²) < 4.78 is 14.6. The molecular formula is C14H21BrFN3. The number of nitrogens with zero attached hydrogens (tertiary/aromatic N) is 1. The fourth-order valence-corrected chi connectivity index (χ4v) is 2.34. The van der Waals surface area contributed by atoms with Crippen molar-refractivity contribution in [2.24, 2.45) is 11.7 Å². The summed E-state index contributed by atoms with van der Waals surface area (Å²) in [6, 6.07) is 4.97. The quantitative estimate of drug-likeness (QED) is 0.595. The van der Waals surface area contributed by atoms with Crippen LogP contribution in [0.4, 0.5) is 4.39 Å². The van der Waals surface area contributed by atoms with Gasteiger partial charge >= 0.3 is 0 Å². The number of amidine groups is 1. The third-order valence-electron chi connectivity index (χ3n) is 2.72. The minimum Gasteiger partial charge on any atom is -0.388 e. The van der Waals surface area contributed by atoms with E-state index in [0.717, 1.165) is 11.0 Å². The highest BCUT2D eigenvalue weighted by molar-refractivity contribution is 9.10. The van der Waals surface area contributed by atoms with Crippen molar-refractivity contribution in [3.05, 3.63) is 34.1 Å². The van der Waals surface area contributed by atoms with Crippen molar-refractivity contribution in [2.45, 2.75) is 26.8 Å². The molecule has 0 aromatic heterocycles. The van der Waals surface area contributed by atoms with Crippen LogP contribution in [0.5, 0.6) is 0 Å². The summed E-state index contributed by atoms with van der Waals surface area (Å²) in [7, 11) is 0. The number of rotatable bonds is 7. The Morgan fingerprint density at radius 1 is 1.47 bits per heavy atom. The molecule has 0 atom stereocenters. The van der Waals surface area contributed by atoms with Crippen molar-refractivity contribution in [3.8, 4) is 0 Å². The largest absolute Gasteiger partial charge is 0.388 e. The minimum atomic E-state index is -0.195. The van der Waals surface area contributed by atoms with Crippen LogP contribution in [0.15, 0.2) is 22.7 Å². The van der Waals surface area contributed by atoms with E-state index in [0.29, 0.717) is 31.0 Å². The Labute approximate surface area is 122 Å². The number of hydrogen-bond donors (Lipinski definition) is 2. The van der Waals surface area contributed by atoms with Gasteiger partial charge in [-0.05, 0) is 24.1 Å². The summed E-state index contributed by atoms with van der Waals surface area (Å²) in [6.45, 7) is 6.32. The molecule has 0 bridgehead atoms. The summed E-state index contributed by atoms with van der Waals surface area (Å²) in [4.78, 5) is 2.14. The molecule has 106 valence electrons. The lowest BCUT2D eigenvalue weighted by molar-refractivity contribution is 0.239. The maximum absolute atomic E-state index is 13.8. The van der Waals surface area contributed by atoms with Gasteiger partial charge in [0.2, 0.25) is 0 Å². The van der Waals surface area contributed by atoms with Crippen molar-refractivity contribution in [1.82, 2.24) is 4.90 Å². The molecule has 1 rings (SSSR count). The second-order valence-electron chi connectivity index (χ2n) is 5.14. The molecule has 19 heavy (non-hydrogen) atoms. The molecule has 5 heteroatoms. The van der Waals surface area contributed by atoms with Gasteiger partial charge in [0.1, 0.15) is 5.82 Å². The van der Waals surface area contributed by atoms with Crippen molar-refractivity contribution < 1.29 is 4.39 Å². The number of nitrogens with two attached hydrogens (primary N) is 1. The Kier molecular flexibility index (Phi) is 6.45. The van der Waals surface area contributed by atoms with Crippen molar-refractivity contribution >= 4 is 21.8 Å². The van der Waals surface area contributed by atoms with Gasteiger partial charge in [0.05, 0.1) is 5.84 Å². The van der Waals surface area contributed by atoms with E-state index in [1.807, 2.05) is 0 Å². The van der Waals surface area contributed by atoms with Gasteiger partial charge in [0.15, 0.2) is 0 Å². The zero-order valence-electron chi connectivity index (χ0n) is 11.4. The average molecular weight is 330 g/mol. The smallest absolute Gasteiger partial charge is 0.127 e. The first-order valence-electron chi connectivity index (χ1n) is 6.37. The molecule has 0 radical (unpaired) electrons. The Hall–Kier alpha value is -0.940. The van der Waals surface area contributed by atoms with E-state index >= 15 is 0 Å². The topological polar surface area (TPSA) is 53.1 Å². The van der Waals surface area contributed by atoms with Crippen LogP contribution in [0.1, 0.15) is 25.8 Å². The Balaban J connectivity index is 2.74. The van der Waals surface area contributed by atoms with Gasteiger partial charge in [-0.1, -0.05) is 29.8 Å². The number of halogens is 2. The minimum absolute atomic E-state index is 0.170. The zero-order chi connectivity index (χ0) is 14.4. The van der Waals surface area contributed by atoms with Crippen LogP contribution in [0.3, 0.4) is 0 Å². The number of hydrogen-bond acceptors (Lipinski definition) is 2. The second-order valence-corrected chi connectivity index (χ2v) is 6.06. The second kappa shape index (κ2) is 7.60. The predicted molar refractivity (Wildman–Crippen MR) is 80.7 cm³/mol. The Morgan fingerprint density at radius 3 is 2.74 bits per heavy atom. The van der Waals surface area contributed by atoms with Crippen LogP contribution in [-0.2, 0) is 6.54 Å². The lowest BCUT2D eigenvalue weighted by atomic mass is 10.1. The van der Waals surface area contributed by atoms with Gasteiger partial charge in [0, 0.05) is 36.1 Å². The van der Waals surface area contributed by atoms with Crippen molar-refractivity contribution in [2.75, 3.05) is 13.1 Å². The predicted octanol–water partition coefficient (Wildman–Crippen LogP) is 3.37. The van der Waals surface area contributed by atoms with Crippen LogP contribution < -0.4 is 5.73 Å². The molecule has 0 heterocycles. The van der Waals surface area contributed by atoms with Crippen LogP contribution >= 0.6 is 15.9 Å². The Morgan fingerprint density at radius 2 is 2.16 bits per heavy atom. The van der Waals surface area contributed by atoms with Gasteiger partial charge in [-0.15, -0.1) is 0 Å². The highest BCUT2D eigenvalue weighted by atomic mass is 79.9. The van der Waals surface area contributed by atoms with Crippen LogP contribution in [-0.4, -0.2) is 23.8 Å². The molecule has 0 aliphatic carbocycles. The highest BCUT2D eigenvalue weighted by Crippen LogP contribution is 2.18. The maximum Gasteiger partial charge on any atom is 0.127 e. The maximum atomic E-state index is 13.8.